The van der Waals surface area contributed by atoms with Crippen LogP contribution in [0, 0.1) is 13.8 Å². The number of fused-ring (bicyclic) bond motifs is 1. The lowest BCUT2D eigenvalue weighted by Crippen LogP contribution is -2.18. The Morgan fingerprint density at radius 1 is 0.872 bits per heavy atom. The summed E-state index contributed by atoms with van der Waals surface area (Å²) in [5.74, 6) is -0.195. The van der Waals surface area contributed by atoms with E-state index < -0.39 is 5.97 Å². The molecular formula is C32H27N3O4. The van der Waals surface area contributed by atoms with Crippen LogP contribution in [0.5, 0.6) is 11.5 Å². The van der Waals surface area contributed by atoms with Gasteiger partial charge >= 0.3 is 5.97 Å². The monoisotopic (exact) mass is 517 g/mol. The normalized spacial score (nSPS) is 11.1. The number of carbonyl (C=O) groups is 2. The number of amides is 1. The molecule has 0 atom stereocenters. The third-order valence-corrected chi connectivity index (χ3v) is 6.36. The first-order valence-corrected chi connectivity index (χ1v) is 12.4. The quantitative estimate of drug-likeness (QED) is 0.112. The number of benzene rings is 4. The Bertz CT molecular complexity index is 1700. The Morgan fingerprint density at radius 3 is 2.44 bits per heavy atom. The number of methoxy groups -OCH3 is 1. The summed E-state index contributed by atoms with van der Waals surface area (Å²) in [5, 5.41) is 5.13. The van der Waals surface area contributed by atoms with Gasteiger partial charge in [-0.1, -0.05) is 66.2 Å². The molecule has 1 amide bonds. The van der Waals surface area contributed by atoms with Gasteiger partial charge in [-0.3, -0.25) is 4.79 Å². The first-order valence-electron chi connectivity index (χ1n) is 12.4. The summed E-state index contributed by atoms with van der Waals surface area (Å²) in [7, 11) is 1.49. The summed E-state index contributed by atoms with van der Waals surface area (Å²) in [6, 6.07) is 28.0. The fourth-order valence-electron chi connectivity index (χ4n) is 4.44. The molecule has 0 bridgehead atoms. The molecule has 0 aliphatic heterocycles. The van der Waals surface area contributed by atoms with Gasteiger partial charge in [-0.25, -0.2) is 10.2 Å². The fourth-order valence-corrected chi connectivity index (χ4v) is 4.44. The summed E-state index contributed by atoms with van der Waals surface area (Å²) in [6.07, 6.45) is 1.50. The minimum Gasteiger partial charge on any atom is -0.493 e. The number of aromatic nitrogens is 1. The number of carbonyl (C=O) groups excluding carboxylic acids is 2. The molecule has 0 spiro atoms. The SMILES string of the molecule is COc1cc(C=NNC(=O)c2[nH]c3c(C)cccc3c2-c2ccccc2)ccc1OC(=O)c1cccc(C)c1. The number of esters is 1. The van der Waals surface area contributed by atoms with Crippen LogP contribution in [0.25, 0.3) is 22.0 Å². The summed E-state index contributed by atoms with van der Waals surface area (Å²) in [5.41, 5.74) is 8.82. The van der Waals surface area contributed by atoms with Crippen LogP contribution >= 0.6 is 0 Å². The van der Waals surface area contributed by atoms with Crippen molar-refractivity contribution in [2.45, 2.75) is 13.8 Å². The number of H-pyrrole nitrogens is 1. The van der Waals surface area contributed by atoms with E-state index >= 15 is 0 Å². The van der Waals surface area contributed by atoms with Crippen LogP contribution in [0.2, 0.25) is 0 Å². The van der Waals surface area contributed by atoms with Gasteiger partial charge in [0.25, 0.3) is 5.91 Å². The second kappa shape index (κ2) is 11.1. The number of hydrazone groups is 1. The predicted octanol–water partition coefficient (Wildman–Crippen LogP) is 6.44. The van der Waals surface area contributed by atoms with E-state index in [4.69, 9.17) is 9.47 Å². The van der Waals surface area contributed by atoms with E-state index in [0.29, 0.717) is 22.6 Å². The van der Waals surface area contributed by atoms with E-state index in [-0.39, 0.29) is 11.7 Å². The number of nitrogens with one attached hydrogen (secondary N) is 2. The molecule has 7 nitrogen and oxygen atoms in total. The zero-order chi connectivity index (χ0) is 27.4. The zero-order valence-electron chi connectivity index (χ0n) is 21.8. The molecule has 2 N–H and O–H groups in total. The second-order valence-corrected chi connectivity index (χ2v) is 9.11. The van der Waals surface area contributed by atoms with Crippen molar-refractivity contribution in [3.63, 3.8) is 0 Å². The van der Waals surface area contributed by atoms with Gasteiger partial charge in [-0.05, 0) is 60.9 Å². The van der Waals surface area contributed by atoms with Gasteiger partial charge in [0.1, 0.15) is 5.69 Å². The van der Waals surface area contributed by atoms with Gasteiger partial charge in [-0.2, -0.15) is 5.10 Å². The molecule has 0 saturated heterocycles. The summed E-state index contributed by atoms with van der Waals surface area (Å²) >= 11 is 0. The summed E-state index contributed by atoms with van der Waals surface area (Å²) in [6.45, 7) is 3.91. The molecule has 0 radical (unpaired) electrons. The number of aromatic amines is 1. The molecule has 0 aliphatic rings. The first kappa shape index (κ1) is 25.5. The standard InChI is InChI=1S/C32H27N3O4/c1-20-9-7-13-24(17-20)32(37)39-26-16-15-22(18-27(26)38-3)19-33-35-31(36)30-28(23-11-5-4-6-12-23)25-14-8-10-21(2)29(25)34-30/h4-19,34H,1-3H3,(H,35,36). The molecule has 0 aliphatic carbocycles. The number of ether oxygens (including phenoxy) is 2. The van der Waals surface area contributed by atoms with Crippen molar-refractivity contribution in [2.24, 2.45) is 5.10 Å². The molecular weight excluding hydrogens is 490 g/mol. The highest BCUT2D eigenvalue weighted by Crippen LogP contribution is 2.34. The Kier molecular flexibility index (Phi) is 7.23. The zero-order valence-corrected chi connectivity index (χ0v) is 21.8. The fraction of sp³-hybridized carbons (Fsp3) is 0.0938. The van der Waals surface area contributed by atoms with E-state index in [2.05, 4.69) is 15.5 Å². The molecule has 0 saturated carbocycles. The van der Waals surface area contributed by atoms with Crippen molar-refractivity contribution >= 4 is 29.0 Å². The van der Waals surface area contributed by atoms with Crippen LogP contribution in [-0.4, -0.2) is 30.2 Å². The molecule has 7 heteroatoms. The highest BCUT2D eigenvalue weighted by Gasteiger charge is 2.20. The maximum Gasteiger partial charge on any atom is 0.343 e. The second-order valence-electron chi connectivity index (χ2n) is 9.11. The van der Waals surface area contributed by atoms with Gasteiger partial charge in [0.2, 0.25) is 0 Å². The average molecular weight is 518 g/mol. The van der Waals surface area contributed by atoms with Gasteiger partial charge in [0, 0.05) is 16.5 Å². The number of hydrogen-bond donors (Lipinski definition) is 2. The molecule has 5 rings (SSSR count). The maximum atomic E-state index is 13.2. The van der Waals surface area contributed by atoms with Gasteiger partial charge < -0.3 is 14.5 Å². The first-order chi connectivity index (χ1) is 18.9. The predicted molar refractivity (Wildman–Crippen MR) is 153 cm³/mol. The Morgan fingerprint density at radius 2 is 1.67 bits per heavy atom. The van der Waals surface area contributed by atoms with E-state index in [1.54, 1.807) is 36.4 Å². The van der Waals surface area contributed by atoms with Crippen molar-refractivity contribution in [3.8, 4) is 22.6 Å². The topological polar surface area (TPSA) is 92.8 Å². The number of rotatable bonds is 7. The van der Waals surface area contributed by atoms with Crippen molar-refractivity contribution in [3.05, 3.63) is 119 Å². The lowest BCUT2D eigenvalue weighted by atomic mass is 10.0. The molecule has 39 heavy (non-hydrogen) atoms. The van der Waals surface area contributed by atoms with Crippen LogP contribution in [-0.2, 0) is 0 Å². The third-order valence-electron chi connectivity index (χ3n) is 6.36. The van der Waals surface area contributed by atoms with E-state index in [0.717, 1.165) is 33.2 Å². The minimum atomic E-state index is -0.478. The van der Waals surface area contributed by atoms with Gasteiger partial charge in [0.15, 0.2) is 11.5 Å². The molecule has 0 unspecified atom stereocenters. The van der Waals surface area contributed by atoms with Crippen LogP contribution in [0.15, 0.2) is 96.1 Å². The lowest BCUT2D eigenvalue weighted by Gasteiger charge is -2.10. The largest absolute Gasteiger partial charge is 0.493 e. The van der Waals surface area contributed by atoms with Crippen molar-refractivity contribution in [1.82, 2.24) is 10.4 Å². The van der Waals surface area contributed by atoms with Crippen LogP contribution in [0.4, 0.5) is 0 Å². The number of para-hydroxylation sites is 1. The third kappa shape index (κ3) is 5.43. The van der Waals surface area contributed by atoms with Crippen LogP contribution in [0.1, 0.15) is 37.5 Å². The van der Waals surface area contributed by atoms with Crippen LogP contribution in [0.3, 0.4) is 0 Å². The molecule has 5 aromatic rings. The van der Waals surface area contributed by atoms with E-state index in [1.807, 2.05) is 68.4 Å². The molecule has 194 valence electrons. The number of aryl methyl sites for hydroxylation is 2. The van der Waals surface area contributed by atoms with Gasteiger partial charge in [-0.15, -0.1) is 0 Å². The average Bonchev–Trinajstić information content (AvgIpc) is 3.35. The van der Waals surface area contributed by atoms with Crippen molar-refractivity contribution in [1.29, 1.82) is 0 Å². The summed E-state index contributed by atoms with van der Waals surface area (Å²) < 4.78 is 11.0. The van der Waals surface area contributed by atoms with Crippen molar-refractivity contribution < 1.29 is 19.1 Å². The number of hydrogen-bond acceptors (Lipinski definition) is 5. The molecule has 4 aromatic carbocycles. The Labute approximate surface area is 226 Å². The smallest absolute Gasteiger partial charge is 0.343 e. The van der Waals surface area contributed by atoms with E-state index in [9.17, 15) is 9.59 Å². The Hall–Kier alpha value is -5.17. The summed E-state index contributed by atoms with van der Waals surface area (Å²) in [4.78, 5) is 29.1. The lowest BCUT2D eigenvalue weighted by molar-refractivity contribution is 0.0729. The molecule has 0 fully saturated rings. The van der Waals surface area contributed by atoms with Crippen molar-refractivity contribution in [2.75, 3.05) is 7.11 Å². The van der Waals surface area contributed by atoms with E-state index in [1.165, 1.54) is 13.3 Å². The van der Waals surface area contributed by atoms with Crippen LogP contribution < -0.4 is 14.9 Å². The maximum absolute atomic E-state index is 13.2. The number of nitrogens with zero attached hydrogens (tertiary/aromatic N) is 1. The highest BCUT2D eigenvalue weighted by atomic mass is 16.6. The molecule has 1 heterocycles. The van der Waals surface area contributed by atoms with Gasteiger partial charge in [0.05, 0.1) is 18.9 Å². The molecule has 1 aromatic heterocycles. The Balaban J connectivity index is 1.35. The highest BCUT2D eigenvalue weighted by molar-refractivity contribution is 6.10. The minimum absolute atomic E-state index is 0.283.